The Labute approximate surface area is 232 Å². The predicted octanol–water partition coefficient (Wildman–Crippen LogP) is 5.37. The third-order valence-corrected chi connectivity index (χ3v) is 8.05. The smallest absolute Gasteiger partial charge is 0.229 e. The van der Waals surface area contributed by atoms with Crippen LogP contribution in [0.15, 0.2) is 48.0 Å². The van der Waals surface area contributed by atoms with E-state index in [0.717, 1.165) is 40.5 Å². The first-order valence-corrected chi connectivity index (χ1v) is 13.8. The first kappa shape index (κ1) is 26.3. The maximum absolute atomic E-state index is 15.7. The number of carbonyl (C=O) groups is 1. The molecule has 0 bridgehead atoms. The third-order valence-electron chi connectivity index (χ3n) is 7.11. The highest BCUT2D eigenvalue weighted by molar-refractivity contribution is 7.18. The average Bonchev–Trinajstić information content (AvgIpc) is 3.71. The van der Waals surface area contributed by atoms with Gasteiger partial charge in [0.15, 0.2) is 0 Å². The van der Waals surface area contributed by atoms with Crippen molar-refractivity contribution in [1.82, 2.24) is 20.1 Å². The van der Waals surface area contributed by atoms with Gasteiger partial charge in [0.25, 0.3) is 0 Å². The molecular formula is C29H27F2N5O3S. The largest absolute Gasteiger partial charge is 0.490 e. The van der Waals surface area contributed by atoms with E-state index < -0.39 is 11.6 Å². The Bertz CT molecular complexity index is 1730. The normalized spacial score (nSPS) is 15.2. The van der Waals surface area contributed by atoms with Gasteiger partial charge in [-0.1, -0.05) is 6.07 Å². The zero-order valence-corrected chi connectivity index (χ0v) is 22.8. The first-order valence-electron chi connectivity index (χ1n) is 12.9. The van der Waals surface area contributed by atoms with Crippen LogP contribution in [-0.2, 0) is 16.6 Å². The second-order valence-corrected chi connectivity index (χ2v) is 10.6. The number of nitrogens with one attached hydrogen (secondary N) is 2. The van der Waals surface area contributed by atoms with E-state index in [9.17, 15) is 9.18 Å². The molecule has 6 rings (SSSR count). The number of ether oxygens (including phenoxy) is 2. The van der Waals surface area contributed by atoms with Gasteiger partial charge < -0.3 is 20.1 Å². The van der Waals surface area contributed by atoms with Crippen molar-refractivity contribution in [1.29, 1.82) is 0 Å². The fourth-order valence-electron chi connectivity index (χ4n) is 5.12. The summed E-state index contributed by atoms with van der Waals surface area (Å²) in [6.07, 6.45) is 2.47. The maximum atomic E-state index is 15.7. The number of amides is 1. The number of thiophene rings is 1. The van der Waals surface area contributed by atoms with Gasteiger partial charge in [-0.3, -0.25) is 9.48 Å². The Kier molecular flexibility index (Phi) is 7.18. The topological polar surface area (TPSA) is 90.3 Å². The van der Waals surface area contributed by atoms with Gasteiger partial charge in [0, 0.05) is 59.4 Å². The number of pyridine rings is 1. The first-order chi connectivity index (χ1) is 19.4. The lowest BCUT2D eigenvalue weighted by Gasteiger charge is -2.19. The van der Waals surface area contributed by atoms with E-state index in [2.05, 4.69) is 15.7 Å². The molecule has 11 heteroatoms. The summed E-state index contributed by atoms with van der Waals surface area (Å²) >= 11 is 1.39. The van der Waals surface area contributed by atoms with Crippen molar-refractivity contribution < 1.29 is 23.0 Å². The van der Waals surface area contributed by atoms with E-state index >= 15 is 4.39 Å². The van der Waals surface area contributed by atoms with Crippen LogP contribution < -0.4 is 15.4 Å². The molecule has 4 heterocycles. The molecule has 206 valence electrons. The number of aryl methyl sites for hydroxylation is 1. The number of methoxy groups -OCH3 is 1. The maximum Gasteiger partial charge on any atom is 0.229 e. The minimum Gasteiger partial charge on any atom is -0.490 e. The molecule has 1 fully saturated rings. The summed E-state index contributed by atoms with van der Waals surface area (Å²) in [5.41, 5.74) is 2.81. The highest BCUT2D eigenvalue weighted by Gasteiger charge is 2.28. The quantitative estimate of drug-likeness (QED) is 0.247. The Hall–Kier alpha value is -3.93. The average molecular weight is 564 g/mol. The van der Waals surface area contributed by atoms with Crippen molar-refractivity contribution in [2.75, 3.05) is 38.7 Å². The lowest BCUT2D eigenvalue weighted by atomic mass is 9.99. The summed E-state index contributed by atoms with van der Waals surface area (Å²) < 4.78 is 43.4. The predicted molar refractivity (Wildman–Crippen MR) is 152 cm³/mol. The molecule has 1 aliphatic heterocycles. The van der Waals surface area contributed by atoms with Crippen LogP contribution in [0.3, 0.4) is 0 Å². The van der Waals surface area contributed by atoms with Crippen molar-refractivity contribution in [2.24, 2.45) is 13.0 Å². The minimum atomic E-state index is -0.813. The van der Waals surface area contributed by atoms with Crippen LogP contribution in [-0.4, -0.2) is 54.1 Å². The number of carbonyl (C=O) groups excluding carboxylic acids is 1. The van der Waals surface area contributed by atoms with Crippen LogP contribution in [0.25, 0.3) is 43.4 Å². The van der Waals surface area contributed by atoms with Gasteiger partial charge >= 0.3 is 0 Å². The van der Waals surface area contributed by atoms with Crippen LogP contribution in [0.2, 0.25) is 0 Å². The molecule has 40 heavy (non-hydrogen) atoms. The summed E-state index contributed by atoms with van der Waals surface area (Å²) in [4.78, 5) is 18.3. The highest BCUT2D eigenvalue weighted by atomic mass is 32.1. The van der Waals surface area contributed by atoms with E-state index in [1.165, 1.54) is 18.4 Å². The van der Waals surface area contributed by atoms with Crippen molar-refractivity contribution in [2.45, 2.75) is 6.42 Å². The van der Waals surface area contributed by atoms with Gasteiger partial charge in [0.05, 0.1) is 35.5 Å². The second kappa shape index (κ2) is 10.9. The number of benzene rings is 2. The van der Waals surface area contributed by atoms with Gasteiger partial charge in [0.2, 0.25) is 5.91 Å². The number of fused-ring (bicyclic) bond motifs is 2. The lowest BCUT2D eigenvalue weighted by Crippen LogP contribution is -2.25. The molecule has 2 aromatic carbocycles. The standard InChI is InChI=1S/C29H27F2N5O3S/c1-36-22-4-3-16(11-18(22)15-33-36)26-20-6-10-40-27(20)25(28(34-26)35-29(37)17-5-7-32-14-17)24-21(31)12-19(30)13-23(24)39-9-8-38-2/h3-4,6,10-13,15,17,32H,5,7-9,14H2,1-2H3,(H,34,35,37). The molecule has 0 spiro atoms. The number of aromatic nitrogens is 3. The van der Waals surface area contributed by atoms with Crippen molar-refractivity contribution in [3.63, 3.8) is 0 Å². The van der Waals surface area contributed by atoms with Crippen molar-refractivity contribution in [3.8, 4) is 28.1 Å². The van der Waals surface area contributed by atoms with Crippen LogP contribution >= 0.6 is 11.3 Å². The summed E-state index contributed by atoms with van der Waals surface area (Å²) in [5.74, 6) is -1.85. The Morgan fingerprint density at radius 2 is 2.08 bits per heavy atom. The Morgan fingerprint density at radius 3 is 2.88 bits per heavy atom. The van der Waals surface area contributed by atoms with Crippen LogP contribution in [0.1, 0.15) is 6.42 Å². The number of hydrogen-bond donors (Lipinski definition) is 2. The summed E-state index contributed by atoms with van der Waals surface area (Å²) in [7, 11) is 3.39. The zero-order chi connectivity index (χ0) is 27.8. The van der Waals surface area contributed by atoms with E-state index in [-0.39, 0.29) is 42.2 Å². The summed E-state index contributed by atoms with van der Waals surface area (Å²) in [6.45, 7) is 1.61. The molecule has 5 aromatic rings. The Morgan fingerprint density at radius 1 is 1.20 bits per heavy atom. The summed E-state index contributed by atoms with van der Waals surface area (Å²) in [5, 5.41) is 14.1. The molecule has 2 N–H and O–H groups in total. The SMILES string of the molecule is COCCOc1cc(F)cc(F)c1-c1c(NC(=O)C2CCNC2)nc(-c2ccc3c(cnn3C)c2)c2ccsc12. The number of rotatable bonds is 8. The number of halogens is 2. The van der Waals surface area contributed by atoms with Crippen LogP contribution in [0, 0.1) is 17.6 Å². The number of hydrogen-bond acceptors (Lipinski definition) is 7. The van der Waals surface area contributed by atoms with Crippen LogP contribution in [0.4, 0.5) is 14.6 Å². The van der Waals surface area contributed by atoms with E-state index in [4.69, 9.17) is 14.5 Å². The molecule has 0 radical (unpaired) electrons. The van der Waals surface area contributed by atoms with E-state index in [1.54, 1.807) is 10.9 Å². The van der Waals surface area contributed by atoms with Crippen molar-refractivity contribution in [3.05, 3.63) is 59.6 Å². The van der Waals surface area contributed by atoms with Crippen LogP contribution in [0.5, 0.6) is 5.75 Å². The Balaban J connectivity index is 1.58. The molecule has 1 unspecified atom stereocenters. The van der Waals surface area contributed by atoms with Gasteiger partial charge in [0.1, 0.15) is 29.8 Å². The van der Waals surface area contributed by atoms with Gasteiger partial charge in [-0.15, -0.1) is 11.3 Å². The molecule has 1 aliphatic rings. The fraction of sp³-hybridized carbons (Fsp3) is 0.276. The molecule has 0 aliphatic carbocycles. The molecule has 0 saturated carbocycles. The zero-order valence-electron chi connectivity index (χ0n) is 22.0. The summed E-state index contributed by atoms with van der Waals surface area (Å²) in [6, 6.07) is 9.78. The van der Waals surface area contributed by atoms with E-state index in [1.807, 2.05) is 36.7 Å². The number of anilines is 1. The molecular weight excluding hydrogens is 536 g/mol. The van der Waals surface area contributed by atoms with E-state index in [0.29, 0.717) is 28.9 Å². The minimum absolute atomic E-state index is 0.00797. The highest BCUT2D eigenvalue weighted by Crippen LogP contribution is 2.46. The van der Waals surface area contributed by atoms with Gasteiger partial charge in [-0.05, 0) is 36.5 Å². The van der Waals surface area contributed by atoms with Gasteiger partial charge in [-0.2, -0.15) is 5.10 Å². The number of nitrogens with zero attached hydrogens (tertiary/aromatic N) is 3. The fourth-order valence-corrected chi connectivity index (χ4v) is 6.07. The third kappa shape index (κ3) is 4.80. The molecule has 3 aromatic heterocycles. The molecule has 1 amide bonds. The van der Waals surface area contributed by atoms with Gasteiger partial charge in [-0.25, -0.2) is 13.8 Å². The molecule has 8 nitrogen and oxygen atoms in total. The monoisotopic (exact) mass is 563 g/mol. The van der Waals surface area contributed by atoms with Crippen molar-refractivity contribution >= 4 is 44.1 Å². The second-order valence-electron chi connectivity index (χ2n) is 9.67. The molecule has 1 atom stereocenters. The molecule has 1 saturated heterocycles. The lowest BCUT2D eigenvalue weighted by molar-refractivity contribution is -0.119.